The zero-order valence-corrected chi connectivity index (χ0v) is 12.1. The molecule has 1 fully saturated rings. The highest BCUT2D eigenvalue weighted by molar-refractivity contribution is 5.96. The Kier molecular flexibility index (Phi) is 6.23. The maximum absolute atomic E-state index is 11.6. The first-order valence-electron chi connectivity index (χ1n) is 7.23. The molecule has 1 aromatic rings. The van der Waals surface area contributed by atoms with Crippen LogP contribution >= 0.6 is 0 Å². The van der Waals surface area contributed by atoms with Gasteiger partial charge in [0.1, 0.15) is 12.2 Å². The molecule has 116 valence electrons. The first-order chi connectivity index (χ1) is 10.2. The molecular formula is C14H22N4O3. The summed E-state index contributed by atoms with van der Waals surface area (Å²) in [5, 5.41) is 8.75. The highest BCUT2D eigenvalue weighted by Crippen LogP contribution is 2.04. The van der Waals surface area contributed by atoms with E-state index in [4.69, 9.17) is 4.42 Å². The molecule has 7 heteroatoms. The fourth-order valence-electron chi connectivity index (χ4n) is 2.17. The second-order valence-corrected chi connectivity index (χ2v) is 4.98. The van der Waals surface area contributed by atoms with Crippen LogP contribution in [-0.4, -0.2) is 56.0 Å². The standard InChI is InChI=1S/C14H22N4O3/c19-13-10-14(20)17-6-8-18(7-5-15-3-4-16-13)11-12-2-1-9-21-12/h1-2,9,15H,3-8,10-11H2,(H,16,19)(H,17,20). The molecule has 1 aliphatic rings. The Labute approximate surface area is 124 Å². The molecule has 0 saturated carbocycles. The van der Waals surface area contributed by atoms with Crippen molar-refractivity contribution in [1.29, 1.82) is 0 Å². The molecular weight excluding hydrogens is 272 g/mol. The van der Waals surface area contributed by atoms with Crippen LogP contribution < -0.4 is 16.0 Å². The van der Waals surface area contributed by atoms with Crippen LogP contribution in [0.3, 0.4) is 0 Å². The van der Waals surface area contributed by atoms with Crippen molar-refractivity contribution in [2.75, 3.05) is 39.3 Å². The van der Waals surface area contributed by atoms with Crippen LogP contribution in [0.2, 0.25) is 0 Å². The molecule has 0 unspecified atom stereocenters. The van der Waals surface area contributed by atoms with E-state index in [1.165, 1.54) is 0 Å². The van der Waals surface area contributed by atoms with E-state index in [0.717, 1.165) is 25.4 Å². The van der Waals surface area contributed by atoms with Gasteiger partial charge >= 0.3 is 0 Å². The number of furan rings is 1. The Morgan fingerprint density at radius 1 is 1.05 bits per heavy atom. The van der Waals surface area contributed by atoms with Crippen molar-refractivity contribution in [1.82, 2.24) is 20.9 Å². The third kappa shape index (κ3) is 5.97. The van der Waals surface area contributed by atoms with Crippen molar-refractivity contribution < 1.29 is 14.0 Å². The van der Waals surface area contributed by atoms with Gasteiger partial charge in [-0.15, -0.1) is 0 Å². The van der Waals surface area contributed by atoms with Crippen molar-refractivity contribution >= 4 is 11.8 Å². The Hall–Kier alpha value is -1.86. The SMILES string of the molecule is O=C1CC(=O)NCCN(Cc2ccco2)CCNCCN1. The normalized spacial score (nSPS) is 19.8. The maximum Gasteiger partial charge on any atom is 0.229 e. The molecule has 3 N–H and O–H groups in total. The van der Waals surface area contributed by atoms with E-state index in [2.05, 4.69) is 20.9 Å². The fraction of sp³-hybridized carbons (Fsp3) is 0.571. The van der Waals surface area contributed by atoms with Gasteiger partial charge in [0.25, 0.3) is 0 Å². The summed E-state index contributed by atoms with van der Waals surface area (Å²) in [4.78, 5) is 25.3. The van der Waals surface area contributed by atoms with Crippen LogP contribution in [-0.2, 0) is 16.1 Å². The Morgan fingerprint density at radius 2 is 1.81 bits per heavy atom. The Morgan fingerprint density at radius 3 is 2.57 bits per heavy atom. The van der Waals surface area contributed by atoms with Gasteiger partial charge in [-0.2, -0.15) is 0 Å². The molecule has 7 nitrogen and oxygen atoms in total. The number of rotatable bonds is 2. The largest absolute Gasteiger partial charge is 0.468 e. The van der Waals surface area contributed by atoms with Gasteiger partial charge in [0.2, 0.25) is 11.8 Å². The van der Waals surface area contributed by atoms with Gasteiger partial charge in [0.05, 0.1) is 12.8 Å². The molecule has 1 aliphatic heterocycles. The van der Waals surface area contributed by atoms with Gasteiger partial charge in [-0.1, -0.05) is 0 Å². The van der Waals surface area contributed by atoms with E-state index in [1.807, 2.05) is 12.1 Å². The number of amides is 2. The molecule has 0 radical (unpaired) electrons. The third-order valence-corrected chi connectivity index (χ3v) is 3.26. The highest BCUT2D eigenvalue weighted by atomic mass is 16.3. The minimum Gasteiger partial charge on any atom is -0.468 e. The van der Waals surface area contributed by atoms with Crippen molar-refractivity contribution in [2.45, 2.75) is 13.0 Å². The quantitative estimate of drug-likeness (QED) is 0.628. The number of nitrogens with zero attached hydrogens (tertiary/aromatic N) is 1. The van der Waals surface area contributed by atoms with E-state index < -0.39 is 0 Å². The van der Waals surface area contributed by atoms with E-state index >= 15 is 0 Å². The lowest BCUT2D eigenvalue weighted by molar-refractivity contribution is -0.129. The Balaban J connectivity index is 1.86. The summed E-state index contributed by atoms with van der Waals surface area (Å²) in [6.45, 7) is 4.85. The molecule has 0 atom stereocenters. The molecule has 1 aromatic heterocycles. The number of carbonyl (C=O) groups excluding carboxylic acids is 2. The van der Waals surface area contributed by atoms with E-state index in [0.29, 0.717) is 26.2 Å². The molecule has 2 heterocycles. The molecule has 0 aliphatic carbocycles. The van der Waals surface area contributed by atoms with Gasteiger partial charge in [-0.05, 0) is 12.1 Å². The summed E-state index contributed by atoms with van der Waals surface area (Å²) < 4.78 is 5.36. The Bertz CT molecular complexity index is 447. The molecule has 2 amide bonds. The first-order valence-corrected chi connectivity index (χ1v) is 7.23. The summed E-state index contributed by atoms with van der Waals surface area (Å²) in [6.07, 6.45) is 1.55. The summed E-state index contributed by atoms with van der Waals surface area (Å²) in [5.41, 5.74) is 0. The number of hydrogen-bond donors (Lipinski definition) is 3. The lowest BCUT2D eigenvalue weighted by atomic mass is 10.3. The van der Waals surface area contributed by atoms with Gasteiger partial charge in [0, 0.05) is 39.3 Å². The summed E-state index contributed by atoms with van der Waals surface area (Å²) in [6, 6.07) is 3.81. The minimum absolute atomic E-state index is 0.113. The topological polar surface area (TPSA) is 86.6 Å². The molecule has 21 heavy (non-hydrogen) atoms. The molecule has 2 rings (SSSR count). The van der Waals surface area contributed by atoms with Crippen molar-refractivity contribution in [2.24, 2.45) is 0 Å². The second kappa shape index (κ2) is 8.43. The fourth-order valence-corrected chi connectivity index (χ4v) is 2.17. The number of nitrogens with one attached hydrogen (secondary N) is 3. The maximum atomic E-state index is 11.6. The van der Waals surface area contributed by atoms with Crippen LogP contribution in [0.25, 0.3) is 0 Å². The van der Waals surface area contributed by atoms with Crippen LogP contribution in [0.5, 0.6) is 0 Å². The highest BCUT2D eigenvalue weighted by Gasteiger charge is 2.12. The van der Waals surface area contributed by atoms with Gasteiger partial charge < -0.3 is 20.4 Å². The minimum atomic E-state index is -0.238. The monoisotopic (exact) mass is 294 g/mol. The zero-order chi connectivity index (χ0) is 14.9. The number of hydrogen-bond acceptors (Lipinski definition) is 5. The van der Waals surface area contributed by atoms with Crippen LogP contribution in [0.1, 0.15) is 12.2 Å². The summed E-state index contributed by atoms with van der Waals surface area (Å²) in [7, 11) is 0. The zero-order valence-electron chi connectivity index (χ0n) is 12.1. The smallest absolute Gasteiger partial charge is 0.229 e. The van der Waals surface area contributed by atoms with E-state index in [9.17, 15) is 9.59 Å². The molecule has 0 spiro atoms. The van der Waals surface area contributed by atoms with Gasteiger partial charge in [-0.3, -0.25) is 14.5 Å². The molecule has 0 bridgehead atoms. The van der Waals surface area contributed by atoms with Crippen LogP contribution in [0.15, 0.2) is 22.8 Å². The third-order valence-electron chi connectivity index (χ3n) is 3.26. The van der Waals surface area contributed by atoms with Crippen LogP contribution in [0, 0.1) is 0 Å². The summed E-state index contributed by atoms with van der Waals surface area (Å²) in [5.74, 6) is 0.432. The lowest BCUT2D eigenvalue weighted by Crippen LogP contribution is -2.38. The predicted octanol–water partition coefficient (Wildman–Crippen LogP) is -0.693. The molecule has 1 saturated heterocycles. The molecule has 0 aromatic carbocycles. The number of carbonyl (C=O) groups is 2. The van der Waals surface area contributed by atoms with Gasteiger partial charge in [0.15, 0.2) is 0 Å². The van der Waals surface area contributed by atoms with Crippen LogP contribution in [0.4, 0.5) is 0 Å². The van der Waals surface area contributed by atoms with E-state index in [-0.39, 0.29) is 18.2 Å². The van der Waals surface area contributed by atoms with Crippen molar-refractivity contribution in [3.8, 4) is 0 Å². The van der Waals surface area contributed by atoms with Crippen molar-refractivity contribution in [3.05, 3.63) is 24.2 Å². The second-order valence-electron chi connectivity index (χ2n) is 4.98. The van der Waals surface area contributed by atoms with E-state index in [1.54, 1.807) is 6.26 Å². The summed E-state index contributed by atoms with van der Waals surface area (Å²) >= 11 is 0. The lowest BCUT2D eigenvalue weighted by Gasteiger charge is -2.21. The van der Waals surface area contributed by atoms with Crippen molar-refractivity contribution in [3.63, 3.8) is 0 Å². The predicted molar refractivity (Wildman–Crippen MR) is 77.5 cm³/mol. The van der Waals surface area contributed by atoms with Gasteiger partial charge in [-0.25, -0.2) is 0 Å². The average molecular weight is 294 g/mol. The average Bonchev–Trinajstić information content (AvgIpc) is 2.94. The first kappa shape index (κ1) is 15.5.